The lowest BCUT2D eigenvalue weighted by Crippen LogP contribution is -2.37. The van der Waals surface area contributed by atoms with Crippen molar-refractivity contribution in [2.24, 2.45) is 0 Å². The lowest BCUT2D eigenvalue weighted by Gasteiger charge is -2.27. The van der Waals surface area contributed by atoms with Crippen LogP contribution in [0.2, 0.25) is 0 Å². The Labute approximate surface area is 173 Å². The zero-order chi connectivity index (χ0) is 21.1. The monoisotopic (exact) mass is 442 g/mol. The van der Waals surface area contributed by atoms with E-state index in [9.17, 15) is 10.00 Å². The van der Waals surface area contributed by atoms with Gasteiger partial charge in [0.2, 0.25) is 0 Å². The van der Waals surface area contributed by atoms with Crippen molar-refractivity contribution in [3.8, 4) is 0 Å². The highest BCUT2D eigenvalue weighted by Crippen LogP contribution is 2.48. The normalized spacial score (nSPS) is 38.4. The van der Waals surface area contributed by atoms with Gasteiger partial charge in [-0.05, 0) is 53.3 Å². The molecule has 0 aromatic carbocycles. The van der Waals surface area contributed by atoms with E-state index in [1.54, 1.807) is 6.92 Å². The van der Waals surface area contributed by atoms with Gasteiger partial charge in [-0.2, -0.15) is 0 Å². The van der Waals surface area contributed by atoms with Crippen LogP contribution in [0.5, 0.6) is 0 Å². The van der Waals surface area contributed by atoms with Crippen LogP contribution in [0.15, 0.2) is 0 Å². The van der Waals surface area contributed by atoms with Crippen molar-refractivity contribution in [3.63, 3.8) is 0 Å². The average Bonchev–Trinajstić information content (AvgIpc) is 3.04. The minimum atomic E-state index is -3.62. The maximum atomic E-state index is 10.5. The third-order valence-corrected chi connectivity index (χ3v) is 6.22. The molecule has 8 atom stereocenters. The van der Waals surface area contributed by atoms with E-state index in [4.69, 9.17) is 39.8 Å². The van der Waals surface area contributed by atoms with Crippen LogP contribution in [-0.4, -0.2) is 78.1 Å². The number of hydrogen-bond donors (Lipinski definition) is 2. The lowest BCUT2D eigenvalue weighted by atomic mass is 10.1. The number of rotatable bonds is 10. The lowest BCUT2D eigenvalue weighted by molar-refractivity contribution is -0.0670. The van der Waals surface area contributed by atoms with E-state index >= 15 is 0 Å². The second-order valence-electron chi connectivity index (χ2n) is 8.03. The fraction of sp³-hybridized carbons (Fsp3) is 1.00. The Morgan fingerprint density at radius 1 is 1.07 bits per heavy atom. The molecular formula is C18H35O8PS. The smallest absolute Gasteiger partial charge is 0.325 e. The van der Waals surface area contributed by atoms with E-state index in [1.165, 1.54) is 0 Å². The fourth-order valence-electron chi connectivity index (χ4n) is 3.38. The molecule has 0 amide bonds. The van der Waals surface area contributed by atoms with Crippen LogP contribution in [0.1, 0.15) is 48.0 Å². The molecule has 28 heavy (non-hydrogen) atoms. The summed E-state index contributed by atoms with van der Waals surface area (Å²) in [5.41, 5.74) is 0. The van der Waals surface area contributed by atoms with Crippen molar-refractivity contribution in [1.29, 1.82) is 0 Å². The molecule has 2 rings (SSSR count). The zero-order valence-electron chi connectivity index (χ0n) is 17.5. The molecular weight excluding hydrogens is 407 g/mol. The van der Waals surface area contributed by atoms with Crippen molar-refractivity contribution in [2.75, 3.05) is 13.2 Å². The van der Waals surface area contributed by atoms with Gasteiger partial charge in [-0.15, -0.1) is 0 Å². The van der Waals surface area contributed by atoms with Crippen molar-refractivity contribution >= 4 is 18.5 Å². The minimum Gasteiger partial charge on any atom is -0.388 e. The first-order valence-electron chi connectivity index (χ1n) is 9.90. The van der Waals surface area contributed by atoms with E-state index in [-0.39, 0.29) is 43.7 Å². The molecule has 2 saturated heterocycles. The summed E-state index contributed by atoms with van der Waals surface area (Å²) in [6.45, 7) is 8.10. The average molecular weight is 443 g/mol. The quantitative estimate of drug-likeness (QED) is 0.493. The maximum Gasteiger partial charge on any atom is 0.325 e. The molecule has 0 saturated carbocycles. The van der Waals surface area contributed by atoms with Crippen LogP contribution in [-0.2, 0) is 39.8 Å². The molecule has 8 unspecified atom stereocenters. The first kappa shape index (κ1) is 24.6. The third-order valence-electron chi connectivity index (χ3n) is 4.66. The van der Waals surface area contributed by atoms with Gasteiger partial charge in [-0.1, -0.05) is 0 Å². The Balaban J connectivity index is 1.93. The maximum absolute atomic E-state index is 10.5. The van der Waals surface area contributed by atoms with Gasteiger partial charge in [-0.25, -0.2) is 0 Å². The van der Waals surface area contributed by atoms with E-state index in [0.29, 0.717) is 0 Å². The second-order valence-corrected chi connectivity index (χ2v) is 10.8. The third kappa shape index (κ3) is 7.23. The molecule has 0 aliphatic carbocycles. The first-order chi connectivity index (χ1) is 13.0. The molecule has 2 aliphatic heterocycles. The van der Waals surface area contributed by atoms with Crippen molar-refractivity contribution in [2.45, 2.75) is 103 Å². The highest BCUT2D eigenvalue weighted by molar-refractivity contribution is 8.07. The Hall–Kier alpha value is 0.330. The summed E-state index contributed by atoms with van der Waals surface area (Å²) in [5, 5.41) is 10.4. The Morgan fingerprint density at radius 2 is 1.75 bits per heavy atom. The summed E-state index contributed by atoms with van der Waals surface area (Å²) in [4.78, 5) is 10.5. The Morgan fingerprint density at radius 3 is 2.36 bits per heavy atom. The van der Waals surface area contributed by atoms with Gasteiger partial charge in [0.25, 0.3) is 0 Å². The summed E-state index contributed by atoms with van der Waals surface area (Å²) >= 11 is 5.17. The Bertz CT molecular complexity index is 534. The minimum absolute atomic E-state index is 0.00475. The number of aliphatic hydroxyl groups excluding tert-OH is 1. The molecule has 0 bridgehead atoms. The zero-order valence-corrected chi connectivity index (χ0v) is 19.2. The fourth-order valence-corrected chi connectivity index (χ4v) is 4.83. The summed E-state index contributed by atoms with van der Waals surface area (Å²) < 4.78 is 34.1. The molecule has 0 aromatic rings. The summed E-state index contributed by atoms with van der Waals surface area (Å²) in [7, 11) is 0. The van der Waals surface area contributed by atoms with E-state index in [0.717, 1.165) is 6.42 Å². The van der Waals surface area contributed by atoms with Gasteiger partial charge < -0.3 is 33.5 Å². The number of aliphatic hydroxyl groups is 1. The summed E-state index contributed by atoms with van der Waals surface area (Å²) in [5.74, 6) is 0. The van der Waals surface area contributed by atoms with Crippen molar-refractivity contribution in [3.05, 3.63) is 0 Å². The van der Waals surface area contributed by atoms with E-state index in [1.807, 2.05) is 34.6 Å². The second kappa shape index (κ2) is 10.6. The van der Waals surface area contributed by atoms with Gasteiger partial charge in [0.05, 0.1) is 43.7 Å². The largest absolute Gasteiger partial charge is 0.388 e. The van der Waals surface area contributed by atoms with E-state index in [2.05, 4.69) is 0 Å². The summed E-state index contributed by atoms with van der Waals surface area (Å²) in [6, 6.07) is 0. The van der Waals surface area contributed by atoms with Crippen molar-refractivity contribution < 1.29 is 38.0 Å². The molecule has 8 nitrogen and oxygen atoms in total. The topological polar surface area (TPSA) is 95.8 Å². The number of hydrogen-bond acceptors (Lipinski definition) is 8. The molecule has 166 valence electrons. The first-order valence-corrected chi connectivity index (χ1v) is 12.5. The van der Waals surface area contributed by atoms with E-state index < -0.39 is 31.1 Å². The molecule has 10 heteroatoms. The molecule has 2 aliphatic rings. The molecule has 0 aromatic heterocycles. The van der Waals surface area contributed by atoms with Crippen LogP contribution in [0, 0.1) is 0 Å². The van der Waals surface area contributed by atoms with Crippen LogP contribution in [0.25, 0.3) is 0 Å². The van der Waals surface area contributed by atoms with Gasteiger partial charge >= 0.3 is 6.72 Å². The van der Waals surface area contributed by atoms with Crippen LogP contribution in [0.4, 0.5) is 0 Å². The predicted molar refractivity (Wildman–Crippen MR) is 108 cm³/mol. The standard InChI is InChI=1S/C18H35O8PS/c1-10(2)21-8-16-18(17(19)13(6)25-16)26-27(20,28)22-9-15-14(23-11(3)4)7-12(5)24-15/h10-19H,7-9H2,1-6H3,(H,20,28). The SMILES string of the molecule is CC(C)OCC1OC(C)C(O)C1OP(O)(=S)OCC1OC(C)CC1OC(C)C. The van der Waals surface area contributed by atoms with Crippen molar-refractivity contribution in [1.82, 2.24) is 0 Å². The predicted octanol–water partition coefficient (Wildman–Crippen LogP) is 2.15. The highest BCUT2D eigenvalue weighted by Gasteiger charge is 2.45. The van der Waals surface area contributed by atoms with Gasteiger partial charge in [0.15, 0.2) is 0 Å². The summed E-state index contributed by atoms with van der Waals surface area (Å²) in [6.07, 6.45) is -2.35. The molecule has 2 fully saturated rings. The molecule has 0 spiro atoms. The molecule has 2 N–H and O–H groups in total. The van der Waals surface area contributed by atoms with Gasteiger partial charge in [0, 0.05) is 6.42 Å². The van der Waals surface area contributed by atoms with Gasteiger partial charge in [0.1, 0.15) is 24.4 Å². The van der Waals surface area contributed by atoms with Crippen LogP contribution < -0.4 is 0 Å². The van der Waals surface area contributed by atoms with Crippen LogP contribution in [0.3, 0.4) is 0 Å². The highest BCUT2D eigenvalue weighted by atomic mass is 32.5. The van der Waals surface area contributed by atoms with Gasteiger partial charge in [-0.3, -0.25) is 4.52 Å². The number of ether oxygens (including phenoxy) is 4. The van der Waals surface area contributed by atoms with Crippen LogP contribution >= 0.6 is 6.72 Å². The Kier molecular flexibility index (Phi) is 9.29. The molecule has 2 heterocycles. The molecule has 0 radical (unpaired) electrons.